The summed E-state index contributed by atoms with van der Waals surface area (Å²) in [6, 6.07) is 8.20. The van der Waals surface area contributed by atoms with Crippen molar-refractivity contribution < 1.29 is 4.74 Å². The highest BCUT2D eigenvalue weighted by molar-refractivity contribution is 5.55. The van der Waals surface area contributed by atoms with Crippen molar-refractivity contribution in [2.75, 3.05) is 38.6 Å². The maximum atomic E-state index is 5.30. The predicted molar refractivity (Wildman–Crippen MR) is 106 cm³/mol. The number of anilines is 1. The second kappa shape index (κ2) is 8.12. The molecule has 1 N–H and O–H groups in total. The molecule has 0 radical (unpaired) electrons. The molecule has 26 heavy (non-hydrogen) atoms. The van der Waals surface area contributed by atoms with Gasteiger partial charge in [-0.25, -0.2) is 4.68 Å². The van der Waals surface area contributed by atoms with E-state index in [2.05, 4.69) is 27.0 Å². The number of fused-ring (bicyclic) bond motifs is 1. The second-order valence-electron chi connectivity index (χ2n) is 7.42. The first kappa shape index (κ1) is 17.4. The van der Waals surface area contributed by atoms with Crippen molar-refractivity contribution in [3.8, 4) is 11.4 Å². The van der Waals surface area contributed by atoms with Crippen molar-refractivity contribution in [1.29, 1.82) is 0 Å². The Hall–Kier alpha value is -2.01. The fourth-order valence-electron chi connectivity index (χ4n) is 4.13. The topological polar surface area (TPSA) is 42.3 Å². The summed E-state index contributed by atoms with van der Waals surface area (Å²) < 4.78 is 7.40. The normalized spacial score (nSPS) is 18.0. The van der Waals surface area contributed by atoms with Crippen LogP contribution in [0.25, 0.3) is 5.69 Å². The summed E-state index contributed by atoms with van der Waals surface area (Å²) in [6.45, 7) is 4.66. The lowest BCUT2D eigenvalue weighted by molar-refractivity contribution is 0.230. The quantitative estimate of drug-likeness (QED) is 0.890. The lowest BCUT2D eigenvalue weighted by Crippen LogP contribution is -2.31. The van der Waals surface area contributed by atoms with Crippen LogP contribution in [0.4, 0.5) is 5.82 Å². The van der Waals surface area contributed by atoms with Crippen LogP contribution in [0.1, 0.15) is 43.4 Å². The molecule has 1 fully saturated rings. The fourth-order valence-corrected chi connectivity index (χ4v) is 4.13. The first-order chi connectivity index (χ1) is 12.8. The molecule has 140 valence electrons. The lowest BCUT2D eigenvalue weighted by Gasteiger charge is -2.26. The fraction of sp³-hybridized carbons (Fsp3) is 0.571. The molecule has 1 saturated heterocycles. The molecule has 0 atom stereocenters. The summed E-state index contributed by atoms with van der Waals surface area (Å²) in [5.41, 5.74) is 3.80. The standard InChI is InChI=1S/C21H30N4O/c1-26-18-10-8-17(9-11-18)25-21-19(7-3-4-13-22-21)20(23-25)12-16-24-14-5-2-6-15-24/h8-11,22H,2-7,12-16H2,1H3. The zero-order valence-electron chi connectivity index (χ0n) is 15.8. The first-order valence-corrected chi connectivity index (χ1v) is 10.1. The maximum Gasteiger partial charge on any atom is 0.133 e. The molecule has 0 unspecified atom stereocenters. The molecule has 0 spiro atoms. The average Bonchev–Trinajstić information content (AvgIpc) is 2.87. The first-order valence-electron chi connectivity index (χ1n) is 10.1. The van der Waals surface area contributed by atoms with E-state index in [1.165, 1.54) is 62.3 Å². The van der Waals surface area contributed by atoms with Crippen LogP contribution in [-0.4, -0.2) is 48.0 Å². The van der Waals surface area contributed by atoms with E-state index in [4.69, 9.17) is 9.84 Å². The molecule has 0 amide bonds. The summed E-state index contributed by atoms with van der Waals surface area (Å²) in [5.74, 6) is 2.08. The van der Waals surface area contributed by atoms with Crippen LogP contribution in [0.15, 0.2) is 24.3 Å². The third-order valence-corrected chi connectivity index (χ3v) is 5.64. The smallest absolute Gasteiger partial charge is 0.133 e. The van der Waals surface area contributed by atoms with Gasteiger partial charge in [0.05, 0.1) is 18.5 Å². The number of methoxy groups -OCH3 is 1. The van der Waals surface area contributed by atoms with E-state index in [1.54, 1.807) is 7.11 Å². The van der Waals surface area contributed by atoms with Gasteiger partial charge in [-0.05, 0) is 69.5 Å². The van der Waals surface area contributed by atoms with Crippen LogP contribution in [0.2, 0.25) is 0 Å². The molecule has 5 nitrogen and oxygen atoms in total. The summed E-state index contributed by atoms with van der Waals surface area (Å²) in [7, 11) is 1.70. The maximum absolute atomic E-state index is 5.30. The van der Waals surface area contributed by atoms with Crippen LogP contribution in [0.5, 0.6) is 5.75 Å². The van der Waals surface area contributed by atoms with Crippen LogP contribution in [0, 0.1) is 0 Å². The van der Waals surface area contributed by atoms with Crippen molar-refractivity contribution in [3.05, 3.63) is 35.5 Å². The number of likely N-dealkylation sites (tertiary alicyclic amines) is 1. The minimum atomic E-state index is 0.880. The van der Waals surface area contributed by atoms with Crippen molar-refractivity contribution in [1.82, 2.24) is 14.7 Å². The molecule has 5 heteroatoms. The van der Waals surface area contributed by atoms with Gasteiger partial charge in [0.1, 0.15) is 11.6 Å². The van der Waals surface area contributed by atoms with Gasteiger partial charge in [-0.1, -0.05) is 6.42 Å². The Labute approximate surface area is 156 Å². The van der Waals surface area contributed by atoms with Gasteiger partial charge >= 0.3 is 0 Å². The Morgan fingerprint density at radius 3 is 2.62 bits per heavy atom. The number of aromatic nitrogens is 2. The molecule has 1 aromatic heterocycles. The minimum absolute atomic E-state index is 0.880. The van der Waals surface area contributed by atoms with Gasteiger partial charge in [0.25, 0.3) is 0 Å². The Kier molecular flexibility index (Phi) is 5.44. The molecule has 1 aromatic carbocycles. The Morgan fingerprint density at radius 1 is 1.04 bits per heavy atom. The van der Waals surface area contributed by atoms with Crippen molar-refractivity contribution in [3.63, 3.8) is 0 Å². The zero-order chi connectivity index (χ0) is 17.8. The molecule has 0 aliphatic carbocycles. The Balaban J connectivity index is 1.60. The molecule has 0 saturated carbocycles. The van der Waals surface area contributed by atoms with E-state index >= 15 is 0 Å². The Morgan fingerprint density at radius 2 is 1.85 bits per heavy atom. The van der Waals surface area contributed by atoms with Gasteiger partial charge in [0.15, 0.2) is 0 Å². The number of nitrogens with zero attached hydrogens (tertiary/aromatic N) is 3. The van der Waals surface area contributed by atoms with E-state index in [-0.39, 0.29) is 0 Å². The number of hydrogen-bond acceptors (Lipinski definition) is 4. The molecule has 4 rings (SSSR count). The van der Waals surface area contributed by atoms with E-state index in [0.29, 0.717) is 0 Å². The minimum Gasteiger partial charge on any atom is -0.497 e. The van der Waals surface area contributed by atoms with Gasteiger partial charge in [0.2, 0.25) is 0 Å². The van der Waals surface area contributed by atoms with E-state index in [1.807, 2.05) is 12.1 Å². The summed E-state index contributed by atoms with van der Waals surface area (Å²) >= 11 is 0. The third kappa shape index (κ3) is 3.73. The van der Waals surface area contributed by atoms with Crippen LogP contribution in [-0.2, 0) is 12.8 Å². The third-order valence-electron chi connectivity index (χ3n) is 5.64. The van der Waals surface area contributed by atoms with E-state index in [0.717, 1.165) is 37.4 Å². The largest absolute Gasteiger partial charge is 0.497 e. The number of ether oxygens (including phenoxy) is 1. The number of rotatable bonds is 5. The van der Waals surface area contributed by atoms with Gasteiger partial charge in [-0.15, -0.1) is 0 Å². The zero-order valence-corrected chi connectivity index (χ0v) is 15.8. The SMILES string of the molecule is COc1ccc(-n2nc(CCN3CCCCC3)c3c2NCCCC3)cc1. The highest BCUT2D eigenvalue weighted by Crippen LogP contribution is 2.29. The number of hydrogen-bond donors (Lipinski definition) is 1. The molecule has 2 aliphatic rings. The second-order valence-corrected chi connectivity index (χ2v) is 7.42. The van der Waals surface area contributed by atoms with Crippen molar-refractivity contribution >= 4 is 5.82 Å². The van der Waals surface area contributed by atoms with Crippen LogP contribution >= 0.6 is 0 Å². The summed E-state index contributed by atoms with van der Waals surface area (Å²) in [4.78, 5) is 2.60. The monoisotopic (exact) mass is 354 g/mol. The number of benzene rings is 1. The van der Waals surface area contributed by atoms with E-state index < -0.39 is 0 Å². The molecule has 3 heterocycles. The lowest BCUT2D eigenvalue weighted by atomic mass is 10.1. The molecular formula is C21H30N4O. The van der Waals surface area contributed by atoms with E-state index in [9.17, 15) is 0 Å². The Bertz CT molecular complexity index is 716. The molecule has 0 bridgehead atoms. The molecule has 2 aliphatic heterocycles. The van der Waals surface area contributed by atoms with Crippen LogP contribution in [0.3, 0.4) is 0 Å². The van der Waals surface area contributed by atoms with Gasteiger partial charge in [-0.3, -0.25) is 0 Å². The molecular weight excluding hydrogens is 324 g/mol. The summed E-state index contributed by atoms with van der Waals surface area (Å²) in [5, 5.41) is 8.67. The van der Waals surface area contributed by atoms with Crippen LogP contribution < -0.4 is 10.1 Å². The number of nitrogens with one attached hydrogen (secondary N) is 1. The van der Waals surface area contributed by atoms with Crippen molar-refractivity contribution in [2.45, 2.75) is 44.9 Å². The van der Waals surface area contributed by atoms with Gasteiger partial charge < -0.3 is 15.0 Å². The highest BCUT2D eigenvalue weighted by atomic mass is 16.5. The van der Waals surface area contributed by atoms with Gasteiger partial charge in [-0.2, -0.15) is 5.10 Å². The summed E-state index contributed by atoms with van der Waals surface area (Å²) in [6.07, 6.45) is 8.73. The highest BCUT2D eigenvalue weighted by Gasteiger charge is 2.21. The van der Waals surface area contributed by atoms with Gasteiger partial charge in [0, 0.05) is 25.1 Å². The predicted octanol–water partition coefficient (Wildman–Crippen LogP) is 3.66. The average molecular weight is 354 g/mol. The number of piperidine rings is 1. The molecule has 2 aromatic rings. The van der Waals surface area contributed by atoms with Crippen molar-refractivity contribution in [2.24, 2.45) is 0 Å².